The lowest BCUT2D eigenvalue weighted by Gasteiger charge is -2.21. The molecule has 0 unspecified atom stereocenters. The Morgan fingerprint density at radius 3 is 2.25 bits per heavy atom. The summed E-state index contributed by atoms with van der Waals surface area (Å²) >= 11 is 7.20. The van der Waals surface area contributed by atoms with Crippen LogP contribution >= 0.6 is 23.4 Å². The van der Waals surface area contributed by atoms with Crippen molar-refractivity contribution in [3.05, 3.63) is 122 Å². The maximum Gasteiger partial charge on any atom is 0.329 e. The summed E-state index contributed by atoms with van der Waals surface area (Å²) < 4.78 is 1.19. The molecule has 0 saturated heterocycles. The van der Waals surface area contributed by atoms with Crippen molar-refractivity contribution < 1.29 is 0 Å². The highest BCUT2D eigenvalue weighted by atomic mass is 35.5. The maximum atomic E-state index is 13.0. The molecule has 0 aliphatic carbocycles. The first-order valence-corrected chi connectivity index (χ1v) is 12.3. The van der Waals surface area contributed by atoms with Gasteiger partial charge in [0.25, 0.3) is 5.56 Å². The Hall–Kier alpha value is -4.08. The fourth-order valence-corrected chi connectivity index (χ4v) is 4.61. The van der Waals surface area contributed by atoms with Gasteiger partial charge in [0.15, 0.2) is 0 Å². The maximum absolute atomic E-state index is 13.0. The van der Waals surface area contributed by atoms with Gasteiger partial charge >= 0.3 is 5.69 Å². The van der Waals surface area contributed by atoms with Crippen LogP contribution in [-0.4, -0.2) is 24.7 Å². The van der Waals surface area contributed by atoms with Crippen molar-refractivity contribution >= 4 is 40.7 Å². The molecule has 0 atom stereocenters. The second-order valence-electron chi connectivity index (χ2n) is 7.95. The van der Waals surface area contributed by atoms with Crippen LogP contribution in [0.1, 0.15) is 11.1 Å². The van der Waals surface area contributed by atoms with Gasteiger partial charge in [0.1, 0.15) is 0 Å². The fraction of sp³-hybridized carbons (Fsp3) is 0.0769. The van der Waals surface area contributed by atoms with Crippen LogP contribution in [0.4, 0.5) is 17.3 Å². The van der Waals surface area contributed by atoms with Crippen molar-refractivity contribution in [1.82, 2.24) is 24.7 Å². The number of halogens is 1. The van der Waals surface area contributed by atoms with Crippen LogP contribution in [0, 0.1) is 6.92 Å². The highest BCUT2D eigenvalue weighted by Gasteiger charge is 2.19. The third-order valence-corrected chi connectivity index (χ3v) is 6.74. The summed E-state index contributed by atoms with van der Waals surface area (Å²) in [6.07, 6.45) is 0. The van der Waals surface area contributed by atoms with Gasteiger partial charge in [-0.05, 0) is 60.6 Å². The van der Waals surface area contributed by atoms with Crippen molar-refractivity contribution in [2.45, 2.75) is 23.7 Å². The molecule has 36 heavy (non-hydrogen) atoms. The Kier molecular flexibility index (Phi) is 6.75. The van der Waals surface area contributed by atoms with Crippen molar-refractivity contribution in [2.75, 3.05) is 4.90 Å². The molecule has 2 N–H and O–H groups in total. The molecular formula is C26H21ClN6O2S. The topological polar surface area (TPSA) is 99.7 Å². The van der Waals surface area contributed by atoms with E-state index in [0.29, 0.717) is 26.7 Å². The molecule has 5 aromatic rings. The van der Waals surface area contributed by atoms with Gasteiger partial charge in [0.2, 0.25) is 11.1 Å². The summed E-state index contributed by atoms with van der Waals surface area (Å²) in [6.45, 7) is 1.87. The second kappa shape index (κ2) is 10.3. The summed E-state index contributed by atoms with van der Waals surface area (Å²) in [4.78, 5) is 35.1. The minimum absolute atomic E-state index is 0.193. The molecule has 8 nitrogen and oxygen atoms in total. The number of anilines is 3. The average molecular weight is 517 g/mol. The van der Waals surface area contributed by atoms with Gasteiger partial charge in [-0.2, -0.15) is 4.98 Å². The summed E-state index contributed by atoms with van der Waals surface area (Å²) in [5.41, 5.74) is 2.16. The van der Waals surface area contributed by atoms with E-state index in [1.54, 1.807) is 19.1 Å². The fourth-order valence-electron chi connectivity index (χ4n) is 3.70. The molecule has 0 radical (unpaired) electrons. The lowest BCUT2D eigenvalue weighted by molar-refractivity contribution is 0.671. The molecule has 0 fully saturated rings. The average Bonchev–Trinajstić information content (AvgIpc) is 3.35. The number of aromatic amines is 2. The van der Waals surface area contributed by atoms with Crippen LogP contribution in [0.25, 0.3) is 0 Å². The van der Waals surface area contributed by atoms with E-state index in [9.17, 15) is 9.59 Å². The van der Waals surface area contributed by atoms with Gasteiger partial charge in [-0.15, -0.1) is 5.10 Å². The predicted octanol–water partition coefficient (Wildman–Crippen LogP) is 5.29. The van der Waals surface area contributed by atoms with Gasteiger partial charge < -0.3 is 4.98 Å². The van der Waals surface area contributed by atoms with Crippen molar-refractivity contribution in [3.63, 3.8) is 0 Å². The molecule has 3 aromatic carbocycles. The zero-order chi connectivity index (χ0) is 25.1. The first kappa shape index (κ1) is 23.7. The van der Waals surface area contributed by atoms with Gasteiger partial charge in [0.05, 0.1) is 11.6 Å². The molecule has 0 bridgehead atoms. The molecule has 0 aliphatic heterocycles. The summed E-state index contributed by atoms with van der Waals surface area (Å²) in [5.74, 6) is 0.475. The number of para-hydroxylation sites is 1. The zero-order valence-corrected chi connectivity index (χ0v) is 20.8. The third-order valence-electron chi connectivity index (χ3n) is 5.51. The molecular weight excluding hydrogens is 496 g/mol. The van der Waals surface area contributed by atoms with Crippen LogP contribution in [0.2, 0.25) is 5.02 Å². The Balaban J connectivity index is 1.46. The van der Waals surface area contributed by atoms with Crippen LogP contribution in [0.5, 0.6) is 0 Å². The van der Waals surface area contributed by atoms with E-state index in [2.05, 4.69) is 20.2 Å². The standard InChI is InChI=1S/C26H21ClN6O2S/c1-17-22(28-26(35)32(23(17)34)16-18-8-4-2-5-9-18)36-25-29-24(30-31-25)33(20-10-6-3-7-11-20)21-14-12-19(27)13-15-21/h2-15H,16H2,1H3,(H,28,35)(H,29,30,31). The minimum atomic E-state index is -0.486. The summed E-state index contributed by atoms with van der Waals surface area (Å²) in [7, 11) is 0. The first-order valence-electron chi connectivity index (χ1n) is 11.1. The van der Waals surface area contributed by atoms with Crippen LogP contribution in [0.3, 0.4) is 0 Å². The molecule has 2 aromatic heterocycles. The highest BCUT2D eigenvalue weighted by Crippen LogP contribution is 2.34. The number of hydrogen-bond acceptors (Lipinski definition) is 6. The normalized spacial score (nSPS) is 10.9. The first-order chi connectivity index (χ1) is 17.5. The Bertz CT molecular complexity index is 1600. The second-order valence-corrected chi connectivity index (χ2v) is 9.37. The van der Waals surface area contributed by atoms with E-state index in [1.165, 1.54) is 4.57 Å². The number of benzene rings is 3. The summed E-state index contributed by atoms with van der Waals surface area (Å²) in [5, 5.41) is 8.67. The molecule has 2 heterocycles. The number of hydrogen-bond donors (Lipinski definition) is 2. The molecule has 0 spiro atoms. The lowest BCUT2D eigenvalue weighted by atomic mass is 10.2. The van der Waals surface area contributed by atoms with E-state index in [4.69, 9.17) is 11.6 Å². The molecule has 0 aliphatic rings. The molecule has 10 heteroatoms. The van der Waals surface area contributed by atoms with Gasteiger partial charge in [0, 0.05) is 22.0 Å². The van der Waals surface area contributed by atoms with Crippen LogP contribution in [0.15, 0.2) is 105 Å². The Labute approximate surface area is 215 Å². The number of H-pyrrole nitrogens is 2. The van der Waals surface area contributed by atoms with E-state index in [0.717, 1.165) is 28.7 Å². The monoisotopic (exact) mass is 516 g/mol. The van der Waals surface area contributed by atoms with Crippen molar-refractivity contribution in [1.29, 1.82) is 0 Å². The molecule has 5 rings (SSSR count). The third kappa shape index (κ3) is 4.98. The molecule has 0 amide bonds. The Morgan fingerprint density at radius 2 is 1.56 bits per heavy atom. The number of nitrogens with one attached hydrogen (secondary N) is 2. The Morgan fingerprint density at radius 1 is 0.917 bits per heavy atom. The number of rotatable bonds is 7. The molecule has 180 valence electrons. The smallest absolute Gasteiger partial charge is 0.301 e. The van der Waals surface area contributed by atoms with Gasteiger partial charge in [-0.25, -0.2) is 9.89 Å². The van der Waals surface area contributed by atoms with Gasteiger partial charge in [-0.1, -0.05) is 60.1 Å². The van der Waals surface area contributed by atoms with E-state index < -0.39 is 5.69 Å². The van der Waals surface area contributed by atoms with Crippen LogP contribution < -0.4 is 16.1 Å². The van der Waals surface area contributed by atoms with Crippen molar-refractivity contribution in [2.24, 2.45) is 0 Å². The zero-order valence-electron chi connectivity index (χ0n) is 19.2. The van der Waals surface area contributed by atoms with Crippen molar-refractivity contribution in [3.8, 4) is 0 Å². The minimum Gasteiger partial charge on any atom is -0.301 e. The summed E-state index contributed by atoms with van der Waals surface area (Å²) in [6, 6.07) is 26.5. The highest BCUT2D eigenvalue weighted by molar-refractivity contribution is 7.99. The lowest BCUT2D eigenvalue weighted by Crippen LogP contribution is -2.37. The largest absolute Gasteiger partial charge is 0.329 e. The molecule has 0 saturated carbocycles. The van der Waals surface area contributed by atoms with E-state index in [1.807, 2.05) is 77.7 Å². The predicted molar refractivity (Wildman–Crippen MR) is 142 cm³/mol. The van der Waals surface area contributed by atoms with Crippen LogP contribution in [-0.2, 0) is 6.54 Å². The van der Waals surface area contributed by atoms with Gasteiger partial charge in [-0.3, -0.25) is 14.3 Å². The number of aromatic nitrogens is 5. The number of nitrogens with zero attached hydrogens (tertiary/aromatic N) is 4. The quantitative estimate of drug-likeness (QED) is 0.285. The van der Waals surface area contributed by atoms with E-state index >= 15 is 0 Å². The van der Waals surface area contributed by atoms with E-state index in [-0.39, 0.29) is 12.1 Å². The SMILES string of the molecule is Cc1c(Sc2n[nH]c(N(c3ccccc3)c3ccc(Cl)cc3)n2)[nH]c(=O)n(Cc2ccccc2)c1=O.